The number of nitrogens with zero attached hydrogens (tertiary/aromatic N) is 2. The summed E-state index contributed by atoms with van der Waals surface area (Å²) in [5.41, 5.74) is 4.24. The maximum absolute atomic E-state index is 4.67. The fraction of sp³-hybridized carbons (Fsp3) is 0.158. The summed E-state index contributed by atoms with van der Waals surface area (Å²) in [7, 11) is 0. The Hall–Kier alpha value is -1.94. The van der Waals surface area contributed by atoms with Gasteiger partial charge in [0, 0.05) is 0 Å². The van der Waals surface area contributed by atoms with Crippen LogP contribution in [0.15, 0.2) is 67.0 Å². The van der Waals surface area contributed by atoms with E-state index in [1.54, 1.807) is 0 Å². The van der Waals surface area contributed by atoms with Crippen molar-refractivity contribution in [2.24, 2.45) is 0 Å². The molecular weight excluding hydrogens is 329 g/mol. The van der Waals surface area contributed by atoms with E-state index in [0.29, 0.717) is 0 Å². The molecular formula is C19H20GeN2. The first-order chi connectivity index (χ1) is 10.5. The molecule has 0 unspecified atom stereocenters. The van der Waals surface area contributed by atoms with Crippen molar-refractivity contribution < 1.29 is 0 Å². The van der Waals surface area contributed by atoms with Crippen LogP contribution in [0.1, 0.15) is 0 Å². The minimum absolute atomic E-state index is 0.984. The number of pyridine rings is 2. The zero-order valence-electron chi connectivity index (χ0n) is 13.2. The summed E-state index contributed by atoms with van der Waals surface area (Å²) in [6.07, 6.45) is 3.91. The maximum atomic E-state index is 4.67. The van der Waals surface area contributed by atoms with Gasteiger partial charge in [0.15, 0.2) is 0 Å². The van der Waals surface area contributed by atoms with E-state index >= 15 is 0 Å². The Morgan fingerprint density at radius 3 is 2.14 bits per heavy atom. The Bertz CT molecular complexity index is 759. The SMILES string of the molecule is [CH3][Ge]([CH3])([CH3])[c]1ccc(-c2ccnc(-c3ccccc3)c2)nc1. The molecule has 1 aromatic carbocycles. The standard InChI is InChI=1S/C19H20GeN2/c1-20(2,3)17-9-10-18(22-14-17)16-11-12-21-19(13-16)15-7-5-4-6-8-15/h4-14H,1-3H3. The summed E-state index contributed by atoms with van der Waals surface area (Å²) in [6.45, 7) is 0. The second kappa shape index (κ2) is 6.05. The molecule has 3 rings (SSSR count). The van der Waals surface area contributed by atoms with Crippen molar-refractivity contribution in [3.8, 4) is 22.5 Å². The first kappa shape index (κ1) is 15.0. The van der Waals surface area contributed by atoms with E-state index < -0.39 is 13.3 Å². The van der Waals surface area contributed by atoms with E-state index in [4.69, 9.17) is 0 Å². The second-order valence-corrected chi connectivity index (χ2v) is 17.1. The third-order valence-corrected chi connectivity index (χ3v) is 8.01. The molecule has 0 bridgehead atoms. The van der Waals surface area contributed by atoms with E-state index in [9.17, 15) is 0 Å². The second-order valence-electron chi connectivity index (χ2n) is 6.48. The topological polar surface area (TPSA) is 25.8 Å². The Labute approximate surface area is 134 Å². The molecule has 2 heterocycles. The zero-order chi connectivity index (χ0) is 15.6. The van der Waals surface area contributed by atoms with E-state index in [-0.39, 0.29) is 0 Å². The molecule has 3 heteroatoms. The molecule has 0 atom stereocenters. The van der Waals surface area contributed by atoms with Gasteiger partial charge in [-0.05, 0) is 0 Å². The normalized spacial score (nSPS) is 11.4. The van der Waals surface area contributed by atoms with Crippen molar-refractivity contribution in [2.75, 3.05) is 0 Å². The van der Waals surface area contributed by atoms with Crippen molar-refractivity contribution in [2.45, 2.75) is 17.3 Å². The molecule has 0 fully saturated rings. The van der Waals surface area contributed by atoms with Crippen LogP contribution in [0.25, 0.3) is 22.5 Å². The fourth-order valence-corrected chi connectivity index (χ4v) is 4.54. The number of rotatable bonds is 3. The predicted octanol–water partition coefficient (Wildman–Crippen LogP) is 4.36. The van der Waals surface area contributed by atoms with Gasteiger partial charge in [0.1, 0.15) is 0 Å². The van der Waals surface area contributed by atoms with Crippen LogP contribution >= 0.6 is 0 Å². The van der Waals surface area contributed by atoms with E-state index in [1.807, 2.05) is 30.5 Å². The van der Waals surface area contributed by atoms with Gasteiger partial charge in [-0.2, -0.15) is 0 Å². The van der Waals surface area contributed by atoms with Crippen molar-refractivity contribution in [1.82, 2.24) is 9.97 Å². The van der Waals surface area contributed by atoms with Crippen LogP contribution in [-0.4, -0.2) is 23.2 Å². The van der Waals surface area contributed by atoms with Gasteiger partial charge in [0.05, 0.1) is 0 Å². The molecule has 2 aromatic heterocycles. The first-order valence-electron chi connectivity index (χ1n) is 7.52. The third kappa shape index (κ3) is 3.28. The molecule has 0 saturated heterocycles. The number of hydrogen-bond acceptors (Lipinski definition) is 2. The van der Waals surface area contributed by atoms with Crippen molar-refractivity contribution in [1.29, 1.82) is 0 Å². The van der Waals surface area contributed by atoms with Crippen molar-refractivity contribution >= 4 is 17.7 Å². The summed E-state index contributed by atoms with van der Waals surface area (Å²) in [5, 5.41) is 0. The molecule has 2 nitrogen and oxygen atoms in total. The van der Waals surface area contributed by atoms with Crippen LogP contribution in [0.4, 0.5) is 0 Å². The van der Waals surface area contributed by atoms with Crippen LogP contribution in [0, 0.1) is 0 Å². The zero-order valence-corrected chi connectivity index (χ0v) is 15.3. The van der Waals surface area contributed by atoms with Crippen LogP contribution in [0.2, 0.25) is 17.3 Å². The molecule has 22 heavy (non-hydrogen) atoms. The fourth-order valence-electron chi connectivity index (χ4n) is 2.36. The average molecular weight is 349 g/mol. The van der Waals surface area contributed by atoms with E-state index in [0.717, 1.165) is 22.5 Å². The molecule has 0 radical (unpaired) electrons. The van der Waals surface area contributed by atoms with Gasteiger partial charge in [-0.1, -0.05) is 0 Å². The Morgan fingerprint density at radius 1 is 0.727 bits per heavy atom. The molecule has 110 valence electrons. The van der Waals surface area contributed by atoms with Crippen molar-refractivity contribution in [3.05, 3.63) is 67.0 Å². The molecule has 0 aliphatic rings. The van der Waals surface area contributed by atoms with Gasteiger partial charge in [0.25, 0.3) is 0 Å². The number of aromatic nitrogens is 2. The first-order valence-corrected chi connectivity index (χ1v) is 14.9. The van der Waals surface area contributed by atoms with E-state index in [1.165, 1.54) is 4.40 Å². The van der Waals surface area contributed by atoms with Gasteiger partial charge in [0.2, 0.25) is 0 Å². The quantitative estimate of drug-likeness (QED) is 0.657. The Morgan fingerprint density at radius 2 is 1.50 bits per heavy atom. The van der Waals surface area contributed by atoms with Crippen LogP contribution in [-0.2, 0) is 0 Å². The summed E-state index contributed by atoms with van der Waals surface area (Å²) in [6, 6.07) is 18.7. The summed E-state index contributed by atoms with van der Waals surface area (Å²) >= 11 is -1.79. The Balaban J connectivity index is 1.96. The molecule has 0 saturated carbocycles. The number of benzene rings is 1. The van der Waals surface area contributed by atoms with Crippen LogP contribution < -0.4 is 4.40 Å². The summed E-state index contributed by atoms with van der Waals surface area (Å²) < 4.78 is 1.43. The molecule has 0 N–H and O–H groups in total. The van der Waals surface area contributed by atoms with Gasteiger partial charge >= 0.3 is 134 Å². The van der Waals surface area contributed by atoms with Crippen LogP contribution in [0.3, 0.4) is 0 Å². The van der Waals surface area contributed by atoms with Crippen LogP contribution in [0.5, 0.6) is 0 Å². The third-order valence-electron chi connectivity index (χ3n) is 3.75. The Kier molecular flexibility index (Phi) is 4.12. The summed E-state index contributed by atoms with van der Waals surface area (Å²) in [4.78, 5) is 9.14. The molecule has 0 aliphatic heterocycles. The van der Waals surface area contributed by atoms with Crippen molar-refractivity contribution in [3.63, 3.8) is 0 Å². The molecule has 3 aromatic rings. The molecule has 0 amide bonds. The van der Waals surface area contributed by atoms with Gasteiger partial charge in [-0.25, -0.2) is 0 Å². The van der Waals surface area contributed by atoms with E-state index in [2.05, 4.69) is 63.8 Å². The minimum atomic E-state index is -1.79. The summed E-state index contributed by atoms with van der Waals surface area (Å²) in [5.74, 6) is 7.16. The van der Waals surface area contributed by atoms with Gasteiger partial charge < -0.3 is 0 Å². The van der Waals surface area contributed by atoms with Gasteiger partial charge in [-0.15, -0.1) is 0 Å². The molecule has 0 spiro atoms. The number of hydrogen-bond donors (Lipinski definition) is 0. The predicted molar refractivity (Wildman–Crippen MR) is 95.9 cm³/mol. The molecule has 0 aliphatic carbocycles. The van der Waals surface area contributed by atoms with Gasteiger partial charge in [-0.3, -0.25) is 0 Å². The monoisotopic (exact) mass is 350 g/mol. The average Bonchev–Trinajstić information content (AvgIpc) is 2.55.